The molecular weight excluding hydrogens is 377 g/mol. The Hall–Kier alpha value is -2.28. The Morgan fingerprint density at radius 3 is 2.58 bits per heavy atom. The maximum atomic E-state index is 12.5. The molecule has 3 rings (SSSR count). The van der Waals surface area contributed by atoms with Crippen LogP contribution in [0.3, 0.4) is 0 Å². The SMILES string of the molecule is NN1c2cc(Cl)cc(Cl)c2C(CC(=O)Nc2ccccc2)CC1C(=O)O. The summed E-state index contributed by atoms with van der Waals surface area (Å²) in [4.78, 5) is 24.0. The van der Waals surface area contributed by atoms with Crippen molar-refractivity contribution in [3.05, 3.63) is 58.1 Å². The highest BCUT2D eigenvalue weighted by atomic mass is 35.5. The first-order valence-corrected chi connectivity index (χ1v) is 8.73. The van der Waals surface area contributed by atoms with E-state index in [1.807, 2.05) is 18.2 Å². The van der Waals surface area contributed by atoms with E-state index in [0.29, 0.717) is 27.0 Å². The zero-order valence-corrected chi connectivity index (χ0v) is 15.2. The number of halogens is 2. The maximum absolute atomic E-state index is 12.5. The van der Waals surface area contributed by atoms with E-state index >= 15 is 0 Å². The molecule has 0 saturated heterocycles. The summed E-state index contributed by atoms with van der Waals surface area (Å²) in [5.74, 6) is 4.30. The van der Waals surface area contributed by atoms with Crippen molar-refractivity contribution in [3.63, 3.8) is 0 Å². The fraction of sp³-hybridized carbons (Fsp3) is 0.222. The lowest BCUT2D eigenvalue weighted by Crippen LogP contribution is -2.50. The molecular formula is C18H17Cl2N3O3. The highest BCUT2D eigenvalue weighted by Gasteiger charge is 2.38. The molecule has 1 aliphatic rings. The minimum absolute atomic E-state index is 0.0842. The number of nitrogens with one attached hydrogen (secondary N) is 1. The van der Waals surface area contributed by atoms with Crippen LogP contribution < -0.4 is 16.2 Å². The number of carbonyl (C=O) groups excluding carboxylic acids is 1. The molecule has 2 aromatic carbocycles. The monoisotopic (exact) mass is 393 g/mol. The van der Waals surface area contributed by atoms with Gasteiger partial charge in [-0.15, -0.1) is 0 Å². The average molecular weight is 394 g/mol. The predicted octanol–water partition coefficient (Wildman–Crippen LogP) is 3.64. The number of benzene rings is 2. The molecule has 0 bridgehead atoms. The number of nitrogens with two attached hydrogens (primary N) is 1. The number of fused-ring (bicyclic) bond motifs is 1. The average Bonchev–Trinajstić information content (AvgIpc) is 2.57. The third-order valence-electron chi connectivity index (χ3n) is 4.38. The minimum Gasteiger partial charge on any atom is -0.480 e. The highest BCUT2D eigenvalue weighted by Crippen LogP contribution is 2.44. The van der Waals surface area contributed by atoms with Crippen LogP contribution in [0.2, 0.25) is 10.0 Å². The number of amides is 1. The van der Waals surface area contributed by atoms with Crippen LogP contribution in [0.4, 0.5) is 11.4 Å². The maximum Gasteiger partial charge on any atom is 0.327 e. The first-order valence-electron chi connectivity index (χ1n) is 7.97. The van der Waals surface area contributed by atoms with E-state index < -0.39 is 12.0 Å². The van der Waals surface area contributed by atoms with Gasteiger partial charge in [0.1, 0.15) is 6.04 Å². The normalized spacial score (nSPS) is 19.0. The van der Waals surface area contributed by atoms with Crippen LogP contribution in [-0.4, -0.2) is 23.0 Å². The van der Waals surface area contributed by atoms with Crippen molar-refractivity contribution in [1.29, 1.82) is 0 Å². The molecule has 1 heterocycles. The summed E-state index contributed by atoms with van der Waals surface area (Å²) >= 11 is 12.4. The number of carboxylic acid groups (broad SMARTS) is 1. The second-order valence-electron chi connectivity index (χ2n) is 6.13. The molecule has 2 atom stereocenters. The van der Waals surface area contributed by atoms with Gasteiger partial charge >= 0.3 is 5.97 Å². The van der Waals surface area contributed by atoms with Gasteiger partial charge < -0.3 is 10.4 Å². The summed E-state index contributed by atoms with van der Waals surface area (Å²) in [7, 11) is 0. The second kappa shape index (κ2) is 7.53. The van der Waals surface area contributed by atoms with Crippen LogP contribution in [0.15, 0.2) is 42.5 Å². The van der Waals surface area contributed by atoms with Gasteiger partial charge in [-0.25, -0.2) is 10.6 Å². The molecule has 0 fully saturated rings. The Kier molecular flexibility index (Phi) is 5.36. The summed E-state index contributed by atoms with van der Waals surface area (Å²) < 4.78 is 0. The van der Waals surface area contributed by atoms with E-state index in [1.54, 1.807) is 24.3 Å². The summed E-state index contributed by atoms with van der Waals surface area (Å²) in [6.07, 6.45) is 0.253. The molecule has 26 heavy (non-hydrogen) atoms. The third kappa shape index (κ3) is 3.77. The minimum atomic E-state index is -1.07. The fourth-order valence-electron chi connectivity index (χ4n) is 3.22. The number of hydrazine groups is 1. The standard InChI is InChI=1S/C18H17Cl2N3O3/c19-11-8-13(20)17-10(6-15(18(25)26)23(21)14(17)9-11)7-16(24)22-12-4-2-1-3-5-12/h1-5,8-10,15H,6-7,21H2,(H,22,24)(H,25,26). The molecule has 0 spiro atoms. The van der Waals surface area contributed by atoms with E-state index in [9.17, 15) is 14.7 Å². The highest BCUT2D eigenvalue weighted by molar-refractivity contribution is 6.35. The molecule has 136 valence electrons. The molecule has 0 aliphatic carbocycles. The molecule has 2 aromatic rings. The number of para-hydroxylation sites is 1. The molecule has 6 nitrogen and oxygen atoms in total. The van der Waals surface area contributed by atoms with Crippen LogP contribution in [0.25, 0.3) is 0 Å². The van der Waals surface area contributed by atoms with Crippen LogP contribution in [0.5, 0.6) is 0 Å². The van der Waals surface area contributed by atoms with Gasteiger partial charge in [0.05, 0.1) is 5.69 Å². The lowest BCUT2D eigenvalue weighted by Gasteiger charge is -2.37. The summed E-state index contributed by atoms with van der Waals surface area (Å²) in [6.45, 7) is 0. The number of anilines is 2. The number of carboxylic acids is 1. The summed E-state index contributed by atoms with van der Waals surface area (Å²) in [5, 5.41) is 14.1. The van der Waals surface area contributed by atoms with Crippen LogP contribution in [0.1, 0.15) is 24.3 Å². The van der Waals surface area contributed by atoms with Crippen LogP contribution in [0, 0.1) is 0 Å². The van der Waals surface area contributed by atoms with Gasteiger partial charge in [0.15, 0.2) is 0 Å². The molecule has 1 amide bonds. The van der Waals surface area contributed by atoms with Crippen molar-refractivity contribution in [2.75, 3.05) is 10.3 Å². The zero-order chi connectivity index (χ0) is 18.8. The Morgan fingerprint density at radius 2 is 1.92 bits per heavy atom. The van der Waals surface area contributed by atoms with Crippen molar-refractivity contribution in [2.45, 2.75) is 24.8 Å². The van der Waals surface area contributed by atoms with Crippen molar-refractivity contribution in [1.82, 2.24) is 0 Å². The van der Waals surface area contributed by atoms with Gasteiger partial charge in [-0.2, -0.15) is 0 Å². The molecule has 8 heteroatoms. The first kappa shape index (κ1) is 18.5. The summed E-state index contributed by atoms with van der Waals surface area (Å²) in [5.41, 5.74) is 1.74. The van der Waals surface area contributed by atoms with Crippen molar-refractivity contribution < 1.29 is 14.7 Å². The fourth-order valence-corrected chi connectivity index (χ4v) is 3.86. The van der Waals surface area contributed by atoms with Crippen molar-refractivity contribution in [2.24, 2.45) is 5.84 Å². The molecule has 0 aromatic heterocycles. The van der Waals surface area contributed by atoms with Gasteiger partial charge in [-0.1, -0.05) is 41.4 Å². The van der Waals surface area contributed by atoms with Gasteiger partial charge in [0.25, 0.3) is 0 Å². The Bertz CT molecular complexity index is 845. The molecule has 0 radical (unpaired) electrons. The van der Waals surface area contributed by atoms with Crippen LogP contribution in [-0.2, 0) is 9.59 Å². The molecule has 1 aliphatic heterocycles. The van der Waals surface area contributed by atoms with E-state index in [2.05, 4.69) is 5.32 Å². The smallest absolute Gasteiger partial charge is 0.327 e. The quantitative estimate of drug-likeness (QED) is 0.689. The van der Waals surface area contributed by atoms with Gasteiger partial charge in [-0.3, -0.25) is 9.80 Å². The zero-order valence-electron chi connectivity index (χ0n) is 13.7. The Morgan fingerprint density at radius 1 is 1.23 bits per heavy atom. The third-order valence-corrected chi connectivity index (χ3v) is 4.91. The van der Waals surface area contributed by atoms with Crippen molar-refractivity contribution in [3.8, 4) is 0 Å². The number of carbonyl (C=O) groups is 2. The Labute approximate surface area is 160 Å². The van der Waals surface area contributed by atoms with E-state index in [4.69, 9.17) is 29.0 Å². The predicted molar refractivity (Wildman–Crippen MR) is 102 cm³/mol. The Balaban J connectivity index is 1.90. The number of rotatable bonds is 4. The topological polar surface area (TPSA) is 95.7 Å². The van der Waals surface area contributed by atoms with E-state index in [1.165, 1.54) is 0 Å². The summed E-state index contributed by atoms with van der Waals surface area (Å²) in [6, 6.07) is 11.2. The molecule has 0 saturated carbocycles. The van der Waals surface area contributed by atoms with E-state index in [0.717, 1.165) is 5.01 Å². The number of aliphatic carboxylic acids is 1. The number of hydrogen-bond acceptors (Lipinski definition) is 4. The van der Waals surface area contributed by atoms with E-state index in [-0.39, 0.29) is 24.7 Å². The van der Waals surface area contributed by atoms with Gasteiger partial charge in [0.2, 0.25) is 5.91 Å². The number of hydrogen-bond donors (Lipinski definition) is 3. The first-order chi connectivity index (χ1) is 12.4. The van der Waals surface area contributed by atoms with Gasteiger partial charge in [-0.05, 0) is 42.2 Å². The molecule has 2 unspecified atom stereocenters. The second-order valence-corrected chi connectivity index (χ2v) is 6.98. The largest absolute Gasteiger partial charge is 0.480 e. The lowest BCUT2D eigenvalue weighted by atomic mass is 9.84. The molecule has 4 N–H and O–H groups in total. The van der Waals surface area contributed by atoms with Crippen LogP contribution >= 0.6 is 23.2 Å². The van der Waals surface area contributed by atoms with Gasteiger partial charge in [0, 0.05) is 22.2 Å². The van der Waals surface area contributed by atoms with Crippen molar-refractivity contribution >= 4 is 46.5 Å². The number of nitrogens with zero attached hydrogens (tertiary/aromatic N) is 1. The lowest BCUT2D eigenvalue weighted by molar-refractivity contribution is -0.139.